The SMILES string of the molecule is Cc1cc(OCC(=O)N(Cc2cccc(Br)c2)[C@H](Cc2ccccc2)C(=O)NC(C)(C)C)cc(C)c1Cl. The van der Waals surface area contributed by atoms with Crippen molar-refractivity contribution in [2.45, 2.75) is 59.2 Å². The van der Waals surface area contributed by atoms with Crippen LogP contribution in [0.5, 0.6) is 5.75 Å². The number of halogens is 2. The molecular formula is C30H34BrClN2O3. The van der Waals surface area contributed by atoms with Crippen molar-refractivity contribution in [2.24, 2.45) is 0 Å². The number of nitrogens with one attached hydrogen (secondary N) is 1. The first kappa shape index (κ1) is 28.7. The number of hydrogen-bond acceptors (Lipinski definition) is 3. The molecule has 1 N–H and O–H groups in total. The topological polar surface area (TPSA) is 58.6 Å². The fourth-order valence-electron chi connectivity index (χ4n) is 4.06. The smallest absolute Gasteiger partial charge is 0.261 e. The van der Waals surface area contributed by atoms with Gasteiger partial charge in [0.1, 0.15) is 11.8 Å². The third kappa shape index (κ3) is 8.61. The lowest BCUT2D eigenvalue weighted by molar-refractivity contribution is -0.143. The van der Waals surface area contributed by atoms with E-state index in [1.165, 1.54) is 0 Å². The number of nitrogens with zero attached hydrogens (tertiary/aromatic N) is 1. The molecule has 0 heterocycles. The van der Waals surface area contributed by atoms with Crippen LogP contribution in [0.2, 0.25) is 5.02 Å². The molecule has 7 heteroatoms. The van der Waals surface area contributed by atoms with Crippen molar-refractivity contribution in [3.8, 4) is 5.75 Å². The first-order valence-electron chi connectivity index (χ1n) is 12.2. The Balaban J connectivity index is 1.94. The van der Waals surface area contributed by atoms with Crippen LogP contribution in [-0.2, 0) is 22.6 Å². The third-order valence-corrected chi connectivity index (χ3v) is 6.87. The Morgan fingerprint density at radius 1 is 0.973 bits per heavy atom. The van der Waals surface area contributed by atoms with E-state index in [1.54, 1.807) is 4.90 Å². The van der Waals surface area contributed by atoms with E-state index >= 15 is 0 Å². The van der Waals surface area contributed by atoms with E-state index in [0.29, 0.717) is 17.2 Å². The van der Waals surface area contributed by atoms with E-state index in [-0.39, 0.29) is 25.0 Å². The molecule has 0 aliphatic heterocycles. The van der Waals surface area contributed by atoms with Crippen molar-refractivity contribution >= 4 is 39.3 Å². The summed E-state index contributed by atoms with van der Waals surface area (Å²) < 4.78 is 6.82. The summed E-state index contributed by atoms with van der Waals surface area (Å²) >= 11 is 9.80. The highest BCUT2D eigenvalue weighted by molar-refractivity contribution is 9.10. The third-order valence-electron chi connectivity index (χ3n) is 5.78. The van der Waals surface area contributed by atoms with Crippen molar-refractivity contribution in [1.82, 2.24) is 10.2 Å². The second kappa shape index (κ2) is 12.6. The van der Waals surface area contributed by atoms with Gasteiger partial charge in [-0.1, -0.05) is 70.0 Å². The lowest BCUT2D eigenvalue weighted by atomic mass is 10.0. The molecule has 0 aliphatic carbocycles. The molecule has 0 aromatic heterocycles. The van der Waals surface area contributed by atoms with Crippen LogP contribution in [0.4, 0.5) is 0 Å². The summed E-state index contributed by atoms with van der Waals surface area (Å²) in [4.78, 5) is 28.9. The summed E-state index contributed by atoms with van der Waals surface area (Å²) in [5.41, 5.74) is 3.17. The van der Waals surface area contributed by atoms with Gasteiger partial charge in [-0.2, -0.15) is 0 Å². The van der Waals surface area contributed by atoms with Crippen LogP contribution in [0.15, 0.2) is 71.2 Å². The molecule has 0 spiro atoms. The van der Waals surface area contributed by atoms with Gasteiger partial charge in [-0.15, -0.1) is 0 Å². The fourth-order valence-corrected chi connectivity index (χ4v) is 4.61. The maximum absolute atomic E-state index is 13.7. The summed E-state index contributed by atoms with van der Waals surface area (Å²) in [6, 6.07) is 20.4. The van der Waals surface area contributed by atoms with Crippen molar-refractivity contribution in [1.29, 1.82) is 0 Å². The highest BCUT2D eigenvalue weighted by Gasteiger charge is 2.32. The van der Waals surface area contributed by atoms with Gasteiger partial charge in [-0.3, -0.25) is 9.59 Å². The molecule has 1 atom stereocenters. The number of carbonyl (C=O) groups excluding carboxylic acids is 2. The van der Waals surface area contributed by atoms with E-state index in [2.05, 4.69) is 21.2 Å². The highest BCUT2D eigenvalue weighted by Crippen LogP contribution is 2.26. The van der Waals surface area contributed by atoms with Crippen molar-refractivity contribution in [2.75, 3.05) is 6.61 Å². The number of aryl methyl sites for hydroxylation is 2. The molecule has 2 amide bonds. The predicted octanol–water partition coefficient (Wildman–Crippen LogP) is 6.65. The van der Waals surface area contributed by atoms with Gasteiger partial charge in [0.05, 0.1) is 0 Å². The number of amides is 2. The summed E-state index contributed by atoms with van der Waals surface area (Å²) in [5, 5.41) is 3.75. The second-order valence-electron chi connectivity index (χ2n) is 10.3. The van der Waals surface area contributed by atoms with Gasteiger partial charge in [0, 0.05) is 28.0 Å². The Bertz CT molecular complexity index is 1220. The summed E-state index contributed by atoms with van der Waals surface area (Å²) in [6.07, 6.45) is 0.377. The number of ether oxygens (including phenoxy) is 1. The first-order chi connectivity index (χ1) is 17.4. The molecule has 3 aromatic carbocycles. The van der Waals surface area contributed by atoms with Crippen LogP contribution in [0.3, 0.4) is 0 Å². The normalized spacial score (nSPS) is 12.1. The van der Waals surface area contributed by atoms with E-state index in [1.807, 2.05) is 101 Å². The second-order valence-corrected chi connectivity index (χ2v) is 11.5. The predicted molar refractivity (Wildman–Crippen MR) is 153 cm³/mol. The van der Waals surface area contributed by atoms with Crippen molar-refractivity contribution < 1.29 is 14.3 Å². The van der Waals surface area contributed by atoms with Crippen LogP contribution in [0, 0.1) is 13.8 Å². The van der Waals surface area contributed by atoms with E-state index in [9.17, 15) is 9.59 Å². The maximum Gasteiger partial charge on any atom is 0.261 e. The Morgan fingerprint density at radius 3 is 2.19 bits per heavy atom. The van der Waals surface area contributed by atoms with Crippen LogP contribution in [0.25, 0.3) is 0 Å². The molecule has 0 fully saturated rings. The first-order valence-corrected chi connectivity index (χ1v) is 13.4. The molecule has 3 aromatic rings. The molecule has 3 rings (SSSR count). The summed E-state index contributed by atoms with van der Waals surface area (Å²) in [7, 11) is 0. The molecule has 0 unspecified atom stereocenters. The molecular weight excluding hydrogens is 552 g/mol. The molecule has 5 nitrogen and oxygen atoms in total. The Hall–Kier alpha value is -2.83. The van der Waals surface area contributed by atoms with Crippen LogP contribution < -0.4 is 10.1 Å². The van der Waals surface area contributed by atoms with Gasteiger partial charge in [-0.05, 0) is 81.1 Å². The molecule has 0 bridgehead atoms. The van der Waals surface area contributed by atoms with Gasteiger partial charge in [0.25, 0.3) is 5.91 Å². The van der Waals surface area contributed by atoms with Gasteiger partial charge < -0.3 is 15.0 Å². The van der Waals surface area contributed by atoms with Gasteiger partial charge >= 0.3 is 0 Å². The zero-order chi connectivity index (χ0) is 27.2. The minimum absolute atomic E-state index is 0.206. The lowest BCUT2D eigenvalue weighted by Gasteiger charge is -2.33. The number of hydrogen-bond donors (Lipinski definition) is 1. The maximum atomic E-state index is 13.7. The molecule has 0 radical (unpaired) electrons. The average Bonchev–Trinajstić information content (AvgIpc) is 2.82. The largest absolute Gasteiger partial charge is 0.484 e. The van der Waals surface area contributed by atoms with E-state index in [4.69, 9.17) is 16.3 Å². The van der Waals surface area contributed by atoms with E-state index < -0.39 is 11.6 Å². The van der Waals surface area contributed by atoms with Crippen LogP contribution in [-0.4, -0.2) is 34.9 Å². The quantitative estimate of drug-likeness (QED) is 0.306. The van der Waals surface area contributed by atoms with Gasteiger partial charge in [0.2, 0.25) is 5.91 Å². The monoisotopic (exact) mass is 584 g/mol. The summed E-state index contributed by atoms with van der Waals surface area (Å²) in [6.45, 7) is 9.64. The van der Waals surface area contributed by atoms with Crippen LogP contribution >= 0.6 is 27.5 Å². The molecule has 0 saturated heterocycles. The highest BCUT2D eigenvalue weighted by atomic mass is 79.9. The number of benzene rings is 3. The average molecular weight is 586 g/mol. The molecule has 0 aliphatic rings. The summed E-state index contributed by atoms with van der Waals surface area (Å²) in [5.74, 6) is 0.0713. The van der Waals surface area contributed by atoms with Gasteiger partial charge in [0.15, 0.2) is 6.61 Å². The zero-order valence-corrected chi connectivity index (χ0v) is 24.3. The Morgan fingerprint density at radius 2 is 1.59 bits per heavy atom. The zero-order valence-electron chi connectivity index (χ0n) is 22.0. The number of carbonyl (C=O) groups is 2. The van der Waals surface area contributed by atoms with E-state index in [0.717, 1.165) is 26.7 Å². The minimum atomic E-state index is -0.731. The fraction of sp³-hybridized carbons (Fsp3) is 0.333. The molecule has 0 saturated carbocycles. The molecule has 196 valence electrons. The number of rotatable bonds is 9. The Kier molecular flexibility index (Phi) is 9.80. The van der Waals surface area contributed by atoms with Crippen LogP contribution in [0.1, 0.15) is 43.0 Å². The Labute approximate surface area is 233 Å². The standard InChI is InChI=1S/C30H34BrClN2O3/c1-20-14-25(15-21(2)28(20)32)37-19-27(35)34(18-23-12-9-13-24(31)16-23)26(29(36)33-30(3,4)5)17-22-10-7-6-8-11-22/h6-16,26H,17-19H2,1-5H3,(H,33,36)/t26-/m1/s1. The molecule has 37 heavy (non-hydrogen) atoms. The minimum Gasteiger partial charge on any atom is -0.484 e. The lowest BCUT2D eigenvalue weighted by Crippen LogP contribution is -2.55. The van der Waals surface area contributed by atoms with Crippen molar-refractivity contribution in [3.05, 3.63) is 98.5 Å². The van der Waals surface area contributed by atoms with Gasteiger partial charge in [-0.25, -0.2) is 0 Å². The van der Waals surface area contributed by atoms with Crippen molar-refractivity contribution in [3.63, 3.8) is 0 Å².